The molecule has 7 heteroatoms. The number of nitrogens with zero attached hydrogens (tertiary/aromatic N) is 3. The Bertz CT molecular complexity index is 1090. The van der Waals surface area contributed by atoms with Crippen molar-refractivity contribution in [2.75, 3.05) is 12.4 Å². The third-order valence-electron chi connectivity index (χ3n) is 5.70. The van der Waals surface area contributed by atoms with Gasteiger partial charge < -0.3 is 4.74 Å². The van der Waals surface area contributed by atoms with Crippen LogP contribution >= 0.6 is 11.8 Å². The van der Waals surface area contributed by atoms with Crippen LogP contribution in [-0.4, -0.2) is 39.0 Å². The van der Waals surface area contributed by atoms with Gasteiger partial charge in [0, 0.05) is 17.7 Å². The number of benzene rings is 2. The Balaban J connectivity index is 1.58. The van der Waals surface area contributed by atoms with Crippen molar-refractivity contribution < 1.29 is 13.9 Å². The molecule has 1 aliphatic heterocycles. The minimum atomic E-state index is -0.294. The number of hydrogen-bond donors (Lipinski definition) is 0. The average Bonchev–Trinajstić information content (AvgIpc) is 3.40. The zero-order valence-corrected chi connectivity index (χ0v) is 18.8. The van der Waals surface area contributed by atoms with E-state index in [1.165, 1.54) is 29.5 Å². The maximum absolute atomic E-state index is 13.4. The van der Waals surface area contributed by atoms with Crippen molar-refractivity contribution in [2.24, 2.45) is 0 Å². The molecule has 1 fully saturated rings. The van der Waals surface area contributed by atoms with E-state index in [0.29, 0.717) is 17.5 Å². The van der Waals surface area contributed by atoms with Crippen molar-refractivity contribution in [3.8, 4) is 11.4 Å². The van der Waals surface area contributed by atoms with Crippen molar-refractivity contribution in [3.63, 3.8) is 0 Å². The van der Waals surface area contributed by atoms with Crippen LogP contribution in [0, 0.1) is 26.6 Å². The van der Waals surface area contributed by atoms with E-state index in [-0.39, 0.29) is 23.5 Å². The zero-order chi connectivity index (χ0) is 22.0. The summed E-state index contributed by atoms with van der Waals surface area (Å²) in [6.07, 6.45) is 2.10. The van der Waals surface area contributed by atoms with Crippen molar-refractivity contribution >= 4 is 17.5 Å². The smallest absolute Gasteiger partial charge is 0.192 e. The highest BCUT2D eigenvalue weighted by atomic mass is 32.2. The van der Waals surface area contributed by atoms with Crippen molar-refractivity contribution in [1.29, 1.82) is 0 Å². The summed E-state index contributed by atoms with van der Waals surface area (Å²) >= 11 is 1.38. The average molecular weight is 440 g/mol. The summed E-state index contributed by atoms with van der Waals surface area (Å²) in [5, 5.41) is 9.38. The molecule has 0 saturated carbocycles. The lowest BCUT2D eigenvalue weighted by Crippen LogP contribution is -2.17. The molecule has 1 atom stereocenters. The van der Waals surface area contributed by atoms with Crippen LogP contribution in [0.4, 0.5) is 4.39 Å². The standard InChI is InChI=1S/C24H26FN3O2S/c1-15-11-17(3)21(12-16(15)2)22(29)14-31-24-27-26-23(18-6-8-19(25)9-7-18)28(24)13-20-5-4-10-30-20/h6-9,11-12,20H,4-5,10,13-14H2,1-3H3. The van der Waals surface area contributed by atoms with Crippen LogP contribution in [0.5, 0.6) is 0 Å². The fraction of sp³-hybridized carbons (Fsp3) is 0.375. The largest absolute Gasteiger partial charge is 0.376 e. The predicted molar refractivity (Wildman–Crippen MR) is 120 cm³/mol. The van der Waals surface area contributed by atoms with Crippen LogP contribution in [0.25, 0.3) is 11.4 Å². The van der Waals surface area contributed by atoms with Crippen molar-refractivity contribution in [1.82, 2.24) is 14.8 Å². The highest BCUT2D eigenvalue weighted by Crippen LogP contribution is 2.28. The molecule has 162 valence electrons. The van der Waals surface area contributed by atoms with Gasteiger partial charge in [0.2, 0.25) is 0 Å². The van der Waals surface area contributed by atoms with Gasteiger partial charge in [0.15, 0.2) is 16.8 Å². The highest BCUT2D eigenvalue weighted by molar-refractivity contribution is 7.99. The van der Waals surface area contributed by atoms with E-state index in [4.69, 9.17) is 4.74 Å². The molecule has 3 aromatic rings. The Morgan fingerprint density at radius 2 is 1.87 bits per heavy atom. The summed E-state index contributed by atoms with van der Waals surface area (Å²) in [5.41, 5.74) is 4.82. The van der Waals surface area contributed by atoms with Gasteiger partial charge >= 0.3 is 0 Å². The number of carbonyl (C=O) groups is 1. The lowest BCUT2D eigenvalue weighted by Gasteiger charge is -2.15. The number of aryl methyl sites for hydroxylation is 3. The zero-order valence-electron chi connectivity index (χ0n) is 18.0. The minimum Gasteiger partial charge on any atom is -0.376 e. The predicted octanol–water partition coefficient (Wildman–Crippen LogP) is 5.16. The number of ketones is 1. The number of carbonyl (C=O) groups excluding carboxylic acids is 1. The van der Waals surface area contributed by atoms with Gasteiger partial charge in [-0.25, -0.2) is 4.39 Å². The fourth-order valence-corrected chi connectivity index (χ4v) is 4.66. The second-order valence-corrected chi connectivity index (χ2v) is 8.96. The molecule has 0 aliphatic carbocycles. The number of rotatable bonds is 7. The van der Waals surface area contributed by atoms with Crippen molar-refractivity contribution in [2.45, 2.75) is 51.4 Å². The second kappa shape index (κ2) is 9.32. The number of halogens is 1. The first kappa shape index (κ1) is 21.7. The van der Waals surface area contributed by atoms with Gasteiger partial charge in [0.1, 0.15) is 5.82 Å². The van der Waals surface area contributed by atoms with E-state index >= 15 is 0 Å². The first-order valence-electron chi connectivity index (χ1n) is 10.5. The molecule has 31 heavy (non-hydrogen) atoms. The maximum atomic E-state index is 13.4. The molecular weight excluding hydrogens is 413 g/mol. The van der Waals surface area contributed by atoms with Gasteiger partial charge in [-0.05, 0) is 80.6 Å². The molecule has 0 radical (unpaired) electrons. The Labute approximate surface area is 186 Å². The molecule has 1 aromatic heterocycles. The summed E-state index contributed by atoms with van der Waals surface area (Å²) in [6, 6.07) is 10.2. The Morgan fingerprint density at radius 3 is 2.58 bits per heavy atom. The quantitative estimate of drug-likeness (QED) is 0.376. The van der Waals surface area contributed by atoms with Gasteiger partial charge in [-0.15, -0.1) is 10.2 Å². The van der Waals surface area contributed by atoms with E-state index in [1.54, 1.807) is 12.1 Å². The molecule has 1 saturated heterocycles. The van der Waals surface area contributed by atoms with E-state index in [9.17, 15) is 9.18 Å². The highest BCUT2D eigenvalue weighted by Gasteiger charge is 2.22. The maximum Gasteiger partial charge on any atom is 0.192 e. The van der Waals surface area contributed by atoms with Crippen LogP contribution in [0.1, 0.15) is 39.9 Å². The second-order valence-electron chi connectivity index (χ2n) is 8.02. The topological polar surface area (TPSA) is 57.0 Å². The van der Waals surface area contributed by atoms with Crippen molar-refractivity contribution in [3.05, 3.63) is 64.5 Å². The van der Waals surface area contributed by atoms with Gasteiger partial charge in [-0.3, -0.25) is 9.36 Å². The molecular formula is C24H26FN3O2S. The van der Waals surface area contributed by atoms with E-state index < -0.39 is 0 Å². The van der Waals surface area contributed by atoms with Gasteiger partial charge in [0.05, 0.1) is 18.4 Å². The molecule has 0 bridgehead atoms. The molecule has 0 N–H and O–H groups in total. The Morgan fingerprint density at radius 1 is 1.13 bits per heavy atom. The Hall–Kier alpha value is -2.51. The number of hydrogen-bond acceptors (Lipinski definition) is 5. The van der Waals surface area contributed by atoms with E-state index in [2.05, 4.69) is 23.2 Å². The fourth-order valence-electron chi connectivity index (χ4n) is 3.83. The minimum absolute atomic E-state index is 0.0700. The third-order valence-corrected chi connectivity index (χ3v) is 6.67. The third kappa shape index (κ3) is 4.88. The molecule has 1 unspecified atom stereocenters. The van der Waals surface area contributed by atoms with Crippen LogP contribution < -0.4 is 0 Å². The lowest BCUT2D eigenvalue weighted by molar-refractivity contribution is 0.0953. The summed E-state index contributed by atoms with van der Waals surface area (Å²) in [5.74, 6) is 0.711. The van der Waals surface area contributed by atoms with Gasteiger partial charge in [-0.1, -0.05) is 17.8 Å². The number of thioether (sulfide) groups is 1. The number of ether oxygens (including phenoxy) is 1. The molecule has 5 nitrogen and oxygen atoms in total. The van der Waals surface area contributed by atoms with Gasteiger partial charge in [-0.2, -0.15) is 0 Å². The SMILES string of the molecule is Cc1cc(C)c(C(=O)CSc2nnc(-c3ccc(F)cc3)n2CC2CCCO2)cc1C. The molecule has 4 rings (SSSR count). The van der Waals surface area contributed by atoms with Crippen LogP contribution in [0.2, 0.25) is 0 Å². The normalized spacial score (nSPS) is 16.1. The van der Waals surface area contributed by atoms with E-state index in [0.717, 1.165) is 41.7 Å². The number of aromatic nitrogens is 3. The molecule has 1 aliphatic rings. The molecule has 0 spiro atoms. The van der Waals surface area contributed by atoms with Gasteiger partial charge in [0.25, 0.3) is 0 Å². The monoisotopic (exact) mass is 439 g/mol. The molecule has 0 amide bonds. The van der Waals surface area contributed by atoms with Crippen LogP contribution in [-0.2, 0) is 11.3 Å². The summed E-state index contributed by atoms with van der Waals surface area (Å²) in [6.45, 7) is 7.41. The molecule has 2 heterocycles. The number of Topliss-reactive ketones (excluding diaryl/α,β-unsaturated/α-hetero) is 1. The lowest BCUT2D eigenvalue weighted by atomic mass is 9.99. The first-order chi connectivity index (χ1) is 14.9. The summed E-state index contributed by atoms with van der Waals surface area (Å²) in [7, 11) is 0. The first-order valence-corrected chi connectivity index (χ1v) is 11.5. The molecule has 2 aromatic carbocycles. The van der Waals surface area contributed by atoms with Crippen LogP contribution in [0.15, 0.2) is 41.6 Å². The van der Waals surface area contributed by atoms with E-state index in [1.807, 2.05) is 24.5 Å². The Kier molecular flexibility index (Phi) is 6.53. The summed E-state index contributed by atoms with van der Waals surface area (Å²) < 4.78 is 21.2. The summed E-state index contributed by atoms with van der Waals surface area (Å²) in [4.78, 5) is 12.9. The van der Waals surface area contributed by atoms with Crippen LogP contribution in [0.3, 0.4) is 0 Å².